The summed E-state index contributed by atoms with van der Waals surface area (Å²) < 4.78 is 65.5. The molecule has 0 saturated carbocycles. The Bertz CT molecular complexity index is 1880. The number of benzene rings is 2. The van der Waals surface area contributed by atoms with Crippen molar-refractivity contribution >= 4 is 55.9 Å². The van der Waals surface area contributed by atoms with Gasteiger partial charge in [-0.05, 0) is 37.1 Å². The van der Waals surface area contributed by atoms with E-state index >= 15 is 0 Å². The molecule has 2 aliphatic heterocycles. The van der Waals surface area contributed by atoms with E-state index in [4.69, 9.17) is 28.4 Å². The number of fused-ring (bicyclic) bond motifs is 2. The van der Waals surface area contributed by atoms with Gasteiger partial charge in [0.25, 0.3) is 11.8 Å². The number of rotatable bonds is 5. The van der Waals surface area contributed by atoms with Crippen molar-refractivity contribution in [3.8, 4) is 0 Å². The largest absolute Gasteiger partial charge is 0.396 e. The van der Waals surface area contributed by atoms with Crippen LogP contribution in [0.2, 0.25) is 0 Å². The molecule has 46 heavy (non-hydrogen) atoms. The lowest BCUT2D eigenvalue weighted by atomic mass is 10.0. The number of pyridine rings is 2. The van der Waals surface area contributed by atoms with Gasteiger partial charge in [-0.2, -0.15) is 0 Å². The average Bonchev–Trinajstić information content (AvgIpc) is 3.03. The van der Waals surface area contributed by atoms with Crippen LogP contribution >= 0.6 is 0 Å². The number of hydrogen-bond acceptors (Lipinski definition) is 9. The molecule has 4 aromatic rings. The number of aromatic nitrogens is 2. The quantitative estimate of drug-likeness (QED) is 0.0937. The van der Waals surface area contributed by atoms with Crippen LogP contribution < -0.4 is 16.4 Å². The van der Waals surface area contributed by atoms with Crippen molar-refractivity contribution in [1.82, 2.24) is 9.97 Å². The average molecular weight is 639 g/mol. The van der Waals surface area contributed by atoms with E-state index in [1.54, 1.807) is 18.2 Å². The van der Waals surface area contributed by atoms with Crippen LogP contribution in [0.25, 0.3) is 31.5 Å². The zero-order valence-electron chi connectivity index (χ0n) is 24.0. The Morgan fingerprint density at radius 2 is 1.33 bits per heavy atom. The lowest BCUT2D eigenvalue weighted by Crippen LogP contribution is -2.47. The molecule has 0 spiro atoms. The van der Waals surface area contributed by atoms with Gasteiger partial charge in [0.2, 0.25) is 0 Å². The topological polar surface area (TPSA) is 146 Å². The van der Waals surface area contributed by atoms with Crippen LogP contribution in [0.15, 0.2) is 48.8 Å². The van der Waals surface area contributed by atoms with Gasteiger partial charge in [-0.15, -0.1) is 0 Å². The highest BCUT2D eigenvalue weighted by Crippen LogP contribution is 2.38. The Kier molecular flexibility index (Phi) is 9.04. The number of nitrogen functional groups attached to an aromatic ring is 1. The Labute approximate surface area is 259 Å². The first kappa shape index (κ1) is 32.1. The third-order valence-corrected chi connectivity index (χ3v) is 7.51. The summed E-state index contributed by atoms with van der Waals surface area (Å²) in [6.07, 6.45) is 2.65. The van der Waals surface area contributed by atoms with E-state index in [-0.39, 0.29) is 48.5 Å². The minimum Gasteiger partial charge on any atom is -0.396 e. The Balaban J connectivity index is 0.000000182. The van der Waals surface area contributed by atoms with E-state index < -0.39 is 47.8 Å². The van der Waals surface area contributed by atoms with Crippen LogP contribution in [-0.2, 0) is 9.47 Å². The van der Waals surface area contributed by atoms with Crippen molar-refractivity contribution in [2.45, 2.75) is 36.8 Å². The Morgan fingerprint density at radius 1 is 0.848 bits per heavy atom. The van der Waals surface area contributed by atoms with Gasteiger partial charge in [0.05, 0.1) is 58.8 Å². The highest BCUT2D eigenvalue weighted by Gasteiger charge is 2.44. The molecule has 2 aromatic carbocycles. The van der Waals surface area contributed by atoms with Crippen LogP contribution in [0.1, 0.15) is 12.8 Å². The zero-order valence-corrected chi connectivity index (χ0v) is 24.0. The molecule has 2 unspecified atom stereocenters. The molecule has 0 amide bonds. The lowest BCUT2D eigenvalue weighted by molar-refractivity contribution is -0.384. The summed E-state index contributed by atoms with van der Waals surface area (Å²) in [5.74, 6) is -6.13. The predicted molar refractivity (Wildman–Crippen MR) is 163 cm³/mol. The van der Waals surface area contributed by atoms with E-state index in [9.17, 15) is 27.7 Å². The van der Waals surface area contributed by atoms with E-state index in [2.05, 4.69) is 30.3 Å². The summed E-state index contributed by atoms with van der Waals surface area (Å²) in [5.41, 5.74) is 7.73. The molecule has 16 heteroatoms. The fourth-order valence-electron chi connectivity index (χ4n) is 5.10. The fraction of sp³-hybridized carbons (Fsp3) is 0.333. The van der Waals surface area contributed by atoms with Gasteiger partial charge in [-0.25, -0.2) is 32.2 Å². The lowest BCUT2D eigenvalue weighted by Gasteiger charge is -2.33. The molecule has 2 saturated heterocycles. The molecule has 12 nitrogen and oxygen atoms in total. The van der Waals surface area contributed by atoms with E-state index in [0.717, 1.165) is 6.20 Å². The maximum Gasteiger partial charge on any atom is 0.311 e. The Morgan fingerprint density at radius 3 is 1.80 bits per heavy atom. The second-order valence-electron chi connectivity index (χ2n) is 10.6. The van der Waals surface area contributed by atoms with Crippen molar-refractivity contribution < 1.29 is 32.0 Å². The van der Waals surface area contributed by atoms with Gasteiger partial charge in [0, 0.05) is 24.0 Å². The third-order valence-electron chi connectivity index (χ3n) is 7.51. The number of anilines is 3. The maximum absolute atomic E-state index is 14.0. The molecule has 0 aliphatic carbocycles. The minimum atomic E-state index is -3.15. The van der Waals surface area contributed by atoms with Crippen LogP contribution in [-0.4, -0.2) is 65.2 Å². The first-order valence-corrected chi connectivity index (χ1v) is 13.9. The van der Waals surface area contributed by atoms with Gasteiger partial charge in [-0.3, -0.25) is 15.1 Å². The molecule has 4 heterocycles. The SMILES string of the molecule is [C-]#[N+]c1ccc2ncc(N)c(NC3CCOCC3(F)F)c2c1.[C-]#[N+]c1ccc2ncc([N+](=O)[O-])c(NC3CCOCC3(F)F)c2c1. The van der Waals surface area contributed by atoms with E-state index in [0.29, 0.717) is 27.8 Å². The second kappa shape index (κ2) is 13.0. The molecule has 0 radical (unpaired) electrons. The number of nitro groups is 1. The highest BCUT2D eigenvalue weighted by molar-refractivity contribution is 5.99. The molecular formula is C30H26F4N8O4. The molecule has 2 aromatic heterocycles. The van der Waals surface area contributed by atoms with Crippen molar-refractivity contribution in [3.05, 3.63) is 81.7 Å². The molecule has 2 atom stereocenters. The summed E-state index contributed by atoms with van der Waals surface area (Å²) in [4.78, 5) is 25.3. The van der Waals surface area contributed by atoms with Crippen molar-refractivity contribution in [3.63, 3.8) is 0 Å². The van der Waals surface area contributed by atoms with Gasteiger partial charge < -0.3 is 25.8 Å². The molecule has 2 fully saturated rings. The van der Waals surface area contributed by atoms with Crippen molar-refractivity contribution in [2.24, 2.45) is 0 Å². The normalized spacial score (nSPS) is 20.0. The standard InChI is InChI=1S/C15H12F2N4O3.C15H14F2N4O/c1-18-9-2-3-11-10(6-9)14(12(7-19-11)21(22)23)20-13-4-5-24-8-15(13,16)17;1-19-9-2-3-12-10(6-9)14(11(18)7-20-12)21-13-4-5-22-8-15(13,16)17/h2-3,6-7,13H,4-5,8H2,(H,19,20);2-3,6-7,13H,4-5,8,18H2,(H,20,21). The molecular weight excluding hydrogens is 612 g/mol. The maximum atomic E-state index is 14.0. The zero-order chi connectivity index (χ0) is 33.1. The van der Waals surface area contributed by atoms with Crippen LogP contribution in [0.3, 0.4) is 0 Å². The monoisotopic (exact) mass is 638 g/mol. The second-order valence-corrected chi connectivity index (χ2v) is 10.6. The number of nitrogens with zero attached hydrogens (tertiary/aromatic N) is 5. The van der Waals surface area contributed by atoms with E-state index in [1.165, 1.54) is 24.4 Å². The Hall–Kier alpha value is -5.32. The molecule has 2 aliphatic rings. The first-order valence-electron chi connectivity index (χ1n) is 13.9. The van der Waals surface area contributed by atoms with Gasteiger partial charge in [0.15, 0.2) is 11.4 Å². The predicted octanol–water partition coefficient (Wildman–Crippen LogP) is 6.73. The van der Waals surface area contributed by atoms with Crippen LogP contribution in [0, 0.1) is 23.3 Å². The van der Waals surface area contributed by atoms with Crippen molar-refractivity contribution in [1.29, 1.82) is 0 Å². The fourth-order valence-corrected chi connectivity index (χ4v) is 5.10. The molecule has 238 valence electrons. The summed E-state index contributed by atoms with van der Waals surface area (Å²) >= 11 is 0. The number of halogens is 4. The smallest absolute Gasteiger partial charge is 0.311 e. The summed E-state index contributed by atoms with van der Waals surface area (Å²) in [7, 11) is 0. The minimum absolute atomic E-state index is 0.0104. The number of hydrogen-bond donors (Lipinski definition) is 3. The van der Waals surface area contributed by atoms with Crippen molar-refractivity contribution in [2.75, 3.05) is 42.8 Å². The van der Waals surface area contributed by atoms with Crippen LogP contribution in [0.5, 0.6) is 0 Å². The summed E-state index contributed by atoms with van der Waals surface area (Å²) in [6, 6.07) is 6.99. The molecule has 4 N–H and O–H groups in total. The first-order chi connectivity index (χ1) is 21.9. The molecule has 6 rings (SSSR count). The van der Waals surface area contributed by atoms with Gasteiger partial charge >= 0.3 is 5.69 Å². The third kappa shape index (κ3) is 6.68. The van der Waals surface area contributed by atoms with Crippen LogP contribution in [0.4, 0.5) is 51.7 Å². The van der Waals surface area contributed by atoms with E-state index in [1.807, 2.05) is 0 Å². The number of alkyl halides is 4. The van der Waals surface area contributed by atoms with Gasteiger partial charge in [-0.1, -0.05) is 12.1 Å². The number of ether oxygens (including phenoxy) is 2. The number of nitrogens with two attached hydrogens (primary N) is 1. The summed E-state index contributed by atoms with van der Waals surface area (Å²) in [6.45, 7) is 13.2. The molecule has 0 bridgehead atoms. The highest BCUT2D eigenvalue weighted by atomic mass is 19.3. The summed E-state index contributed by atoms with van der Waals surface area (Å²) in [5, 5.41) is 17.5. The number of nitrogens with one attached hydrogen (secondary N) is 2. The van der Waals surface area contributed by atoms with Gasteiger partial charge in [0.1, 0.15) is 25.1 Å².